The molecule has 1 aromatic rings. The third-order valence-electron chi connectivity index (χ3n) is 3.47. The molecule has 4 nitrogen and oxygen atoms in total. The molecule has 1 N–H and O–H groups in total. The Morgan fingerprint density at radius 1 is 1.28 bits per heavy atom. The van der Waals surface area contributed by atoms with E-state index in [-0.39, 0.29) is 0 Å². The van der Waals surface area contributed by atoms with Crippen LogP contribution in [-0.4, -0.2) is 49.7 Å². The summed E-state index contributed by atoms with van der Waals surface area (Å²) >= 11 is 0. The fourth-order valence-corrected chi connectivity index (χ4v) is 2.30. The minimum absolute atomic E-state index is 0.942. The lowest BCUT2D eigenvalue weighted by molar-refractivity contribution is 0.312. The highest BCUT2D eigenvalue weighted by atomic mass is 15.2. The average molecular weight is 248 g/mol. The first-order valence-corrected chi connectivity index (χ1v) is 6.88. The van der Waals surface area contributed by atoms with Gasteiger partial charge >= 0.3 is 0 Å². The molecule has 0 atom stereocenters. The molecule has 0 unspecified atom stereocenters. The van der Waals surface area contributed by atoms with Gasteiger partial charge < -0.3 is 15.1 Å². The normalized spacial score (nSPS) is 17.1. The Morgan fingerprint density at radius 2 is 2.06 bits per heavy atom. The van der Waals surface area contributed by atoms with E-state index in [0.717, 1.165) is 39.3 Å². The number of nitrogens with one attached hydrogen (secondary N) is 1. The van der Waals surface area contributed by atoms with Crippen molar-refractivity contribution in [3.63, 3.8) is 0 Å². The summed E-state index contributed by atoms with van der Waals surface area (Å²) in [4.78, 5) is 9.12. The number of nitrogens with zero attached hydrogens (tertiary/aromatic N) is 3. The fraction of sp³-hybridized carbons (Fsp3) is 0.643. The fourth-order valence-electron chi connectivity index (χ4n) is 2.30. The van der Waals surface area contributed by atoms with Crippen molar-refractivity contribution in [3.05, 3.63) is 24.0 Å². The molecule has 1 aromatic heterocycles. The van der Waals surface area contributed by atoms with Gasteiger partial charge in [-0.2, -0.15) is 0 Å². The molecule has 0 saturated carbocycles. The first-order chi connectivity index (χ1) is 8.81. The molecule has 18 heavy (non-hydrogen) atoms. The highest BCUT2D eigenvalue weighted by Crippen LogP contribution is 2.20. The van der Waals surface area contributed by atoms with E-state index in [1.165, 1.54) is 17.7 Å². The number of aromatic nitrogens is 1. The van der Waals surface area contributed by atoms with E-state index in [2.05, 4.69) is 40.1 Å². The zero-order valence-corrected chi connectivity index (χ0v) is 11.5. The monoisotopic (exact) mass is 248 g/mol. The van der Waals surface area contributed by atoms with Crippen molar-refractivity contribution in [1.29, 1.82) is 0 Å². The molecule has 0 bridgehead atoms. The van der Waals surface area contributed by atoms with E-state index in [9.17, 15) is 0 Å². The summed E-state index contributed by atoms with van der Waals surface area (Å²) in [5.41, 5.74) is 2.66. The van der Waals surface area contributed by atoms with Crippen molar-refractivity contribution in [1.82, 2.24) is 15.2 Å². The van der Waals surface area contributed by atoms with Crippen LogP contribution in [0.4, 0.5) is 5.69 Å². The molecule has 1 aliphatic rings. The lowest BCUT2D eigenvalue weighted by atomic mass is 10.2. The van der Waals surface area contributed by atoms with Crippen LogP contribution in [0.3, 0.4) is 0 Å². The summed E-state index contributed by atoms with van der Waals surface area (Å²) in [6, 6.07) is 2.14. The van der Waals surface area contributed by atoms with E-state index in [0.29, 0.717) is 0 Å². The number of piperazine rings is 1. The number of hydrogen-bond acceptors (Lipinski definition) is 4. The van der Waals surface area contributed by atoms with Gasteiger partial charge in [-0.15, -0.1) is 0 Å². The van der Waals surface area contributed by atoms with Crippen molar-refractivity contribution < 1.29 is 0 Å². The predicted octanol–water partition coefficient (Wildman–Crippen LogP) is 1.33. The number of hydrogen-bond donors (Lipinski definition) is 1. The van der Waals surface area contributed by atoms with Gasteiger partial charge in [0, 0.05) is 38.9 Å². The number of likely N-dealkylation sites (N-methyl/N-ethyl adjacent to an activating group) is 1. The van der Waals surface area contributed by atoms with Crippen LogP contribution in [0.2, 0.25) is 0 Å². The van der Waals surface area contributed by atoms with E-state index in [1.807, 2.05) is 12.4 Å². The maximum atomic E-state index is 4.28. The van der Waals surface area contributed by atoms with Crippen LogP contribution in [0.1, 0.15) is 18.9 Å². The molecule has 4 heteroatoms. The molecule has 0 aromatic carbocycles. The van der Waals surface area contributed by atoms with E-state index >= 15 is 0 Å². The van der Waals surface area contributed by atoms with Crippen molar-refractivity contribution in [2.75, 3.05) is 44.7 Å². The maximum Gasteiger partial charge on any atom is 0.0599 e. The Morgan fingerprint density at radius 3 is 2.78 bits per heavy atom. The molecule has 0 amide bonds. The Labute approximate surface area is 110 Å². The van der Waals surface area contributed by atoms with Crippen LogP contribution in [0, 0.1) is 0 Å². The Bertz CT molecular complexity index is 359. The van der Waals surface area contributed by atoms with Gasteiger partial charge in [0.05, 0.1) is 11.9 Å². The third-order valence-corrected chi connectivity index (χ3v) is 3.47. The van der Waals surface area contributed by atoms with Gasteiger partial charge in [0.1, 0.15) is 0 Å². The third kappa shape index (κ3) is 3.43. The Hall–Kier alpha value is -1.13. The molecule has 0 radical (unpaired) electrons. The first-order valence-electron chi connectivity index (χ1n) is 6.88. The zero-order chi connectivity index (χ0) is 12.8. The summed E-state index contributed by atoms with van der Waals surface area (Å²) in [7, 11) is 2.18. The Kier molecular flexibility index (Phi) is 4.96. The van der Waals surface area contributed by atoms with Crippen LogP contribution in [-0.2, 0) is 6.54 Å². The summed E-state index contributed by atoms with van der Waals surface area (Å²) in [6.07, 6.45) is 5.08. The number of anilines is 1. The quantitative estimate of drug-likeness (QED) is 0.797. The molecule has 100 valence electrons. The van der Waals surface area contributed by atoms with E-state index in [4.69, 9.17) is 0 Å². The van der Waals surface area contributed by atoms with Crippen LogP contribution in [0.5, 0.6) is 0 Å². The van der Waals surface area contributed by atoms with Crippen LogP contribution in [0.15, 0.2) is 18.5 Å². The lowest BCUT2D eigenvalue weighted by Crippen LogP contribution is -2.45. The summed E-state index contributed by atoms with van der Waals surface area (Å²) in [5.74, 6) is 0. The molecule has 2 heterocycles. The van der Waals surface area contributed by atoms with Crippen molar-refractivity contribution in [2.45, 2.75) is 19.9 Å². The van der Waals surface area contributed by atoms with Crippen molar-refractivity contribution >= 4 is 5.69 Å². The van der Waals surface area contributed by atoms with Gasteiger partial charge in [0.25, 0.3) is 0 Å². The molecule has 1 fully saturated rings. The van der Waals surface area contributed by atoms with Gasteiger partial charge in [0.2, 0.25) is 0 Å². The number of pyridine rings is 1. The molecular formula is C14H24N4. The van der Waals surface area contributed by atoms with Crippen LogP contribution in [0.25, 0.3) is 0 Å². The van der Waals surface area contributed by atoms with E-state index in [1.54, 1.807) is 0 Å². The maximum absolute atomic E-state index is 4.28. The SMILES string of the molecule is CCCNCc1ccncc1N1CCN(C)CC1. The molecule has 1 aliphatic heterocycles. The summed E-state index contributed by atoms with van der Waals surface area (Å²) < 4.78 is 0. The highest BCUT2D eigenvalue weighted by molar-refractivity contribution is 5.52. The van der Waals surface area contributed by atoms with Gasteiger partial charge in [-0.05, 0) is 31.6 Å². The second-order valence-electron chi connectivity index (χ2n) is 4.97. The molecular weight excluding hydrogens is 224 g/mol. The second kappa shape index (κ2) is 6.71. The minimum Gasteiger partial charge on any atom is -0.367 e. The topological polar surface area (TPSA) is 31.4 Å². The lowest BCUT2D eigenvalue weighted by Gasteiger charge is -2.34. The van der Waals surface area contributed by atoms with E-state index < -0.39 is 0 Å². The Balaban J connectivity index is 2.02. The second-order valence-corrected chi connectivity index (χ2v) is 4.97. The first kappa shape index (κ1) is 13.3. The predicted molar refractivity (Wildman–Crippen MR) is 75.9 cm³/mol. The molecule has 2 rings (SSSR count). The van der Waals surface area contributed by atoms with Gasteiger partial charge in [-0.3, -0.25) is 4.98 Å². The van der Waals surface area contributed by atoms with Crippen molar-refractivity contribution in [3.8, 4) is 0 Å². The van der Waals surface area contributed by atoms with Crippen LogP contribution < -0.4 is 10.2 Å². The molecule has 1 saturated heterocycles. The smallest absolute Gasteiger partial charge is 0.0599 e. The zero-order valence-electron chi connectivity index (χ0n) is 11.5. The summed E-state index contributed by atoms with van der Waals surface area (Å²) in [5, 5.41) is 3.47. The van der Waals surface area contributed by atoms with Gasteiger partial charge in [-0.25, -0.2) is 0 Å². The van der Waals surface area contributed by atoms with Crippen LogP contribution >= 0.6 is 0 Å². The molecule has 0 spiro atoms. The van der Waals surface area contributed by atoms with Gasteiger partial charge in [0.15, 0.2) is 0 Å². The van der Waals surface area contributed by atoms with Crippen molar-refractivity contribution in [2.24, 2.45) is 0 Å². The largest absolute Gasteiger partial charge is 0.367 e. The highest BCUT2D eigenvalue weighted by Gasteiger charge is 2.16. The molecule has 0 aliphatic carbocycles. The standard InChI is InChI=1S/C14H24N4/c1-3-5-15-11-13-4-6-16-12-14(13)18-9-7-17(2)8-10-18/h4,6,12,15H,3,5,7-11H2,1-2H3. The summed E-state index contributed by atoms with van der Waals surface area (Å²) in [6.45, 7) is 8.68. The minimum atomic E-state index is 0.942. The van der Waals surface area contributed by atoms with Gasteiger partial charge in [-0.1, -0.05) is 6.92 Å². The number of rotatable bonds is 5. The average Bonchev–Trinajstić information content (AvgIpc) is 2.41.